The van der Waals surface area contributed by atoms with Crippen molar-refractivity contribution >= 4 is 27.7 Å². The molecule has 1 aromatic rings. The van der Waals surface area contributed by atoms with Gasteiger partial charge >= 0.3 is 0 Å². The summed E-state index contributed by atoms with van der Waals surface area (Å²) in [5.74, 6) is -0.372. The van der Waals surface area contributed by atoms with Gasteiger partial charge in [-0.3, -0.25) is 9.59 Å². The number of likely N-dealkylation sites (N-methyl/N-ethyl adjacent to an activating group) is 1. The molecule has 0 heterocycles. The highest BCUT2D eigenvalue weighted by molar-refractivity contribution is 9.10. The summed E-state index contributed by atoms with van der Waals surface area (Å²) in [6.07, 6.45) is 0. The van der Waals surface area contributed by atoms with E-state index in [0.29, 0.717) is 5.56 Å². The number of hydrogen-bond donors (Lipinski definition) is 1. The Morgan fingerprint density at radius 3 is 2.53 bits per heavy atom. The van der Waals surface area contributed by atoms with E-state index in [9.17, 15) is 9.59 Å². The first-order valence-corrected chi connectivity index (χ1v) is 5.95. The second-order valence-corrected chi connectivity index (χ2v) is 4.79. The van der Waals surface area contributed by atoms with E-state index in [2.05, 4.69) is 21.2 Å². The summed E-state index contributed by atoms with van der Waals surface area (Å²) in [4.78, 5) is 24.5. The molecule has 0 radical (unpaired) electrons. The van der Waals surface area contributed by atoms with Gasteiger partial charge in [0.25, 0.3) is 5.91 Å². The molecule has 4 nitrogen and oxygen atoms in total. The van der Waals surface area contributed by atoms with Gasteiger partial charge in [0.05, 0.1) is 6.54 Å². The van der Waals surface area contributed by atoms with E-state index in [0.717, 1.165) is 10.0 Å². The lowest BCUT2D eigenvalue weighted by molar-refractivity contribution is -0.127. The standard InChI is InChI=1S/C12H15BrN2O2/c1-8-6-9(4-5-10(8)13)12(17)14-7-11(16)15(2)3/h4-6H,7H2,1-3H3,(H,14,17). The van der Waals surface area contributed by atoms with Crippen LogP contribution in [0.1, 0.15) is 15.9 Å². The van der Waals surface area contributed by atoms with Crippen LogP contribution in [-0.2, 0) is 4.79 Å². The van der Waals surface area contributed by atoms with Gasteiger partial charge in [-0.05, 0) is 30.7 Å². The van der Waals surface area contributed by atoms with Gasteiger partial charge in [-0.25, -0.2) is 0 Å². The van der Waals surface area contributed by atoms with Gasteiger partial charge in [0.1, 0.15) is 0 Å². The molecule has 2 amide bonds. The van der Waals surface area contributed by atoms with Crippen LogP contribution in [0.2, 0.25) is 0 Å². The van der Waals surface area contributed by atoms with Crippen LogP contribution in [0.5, 0.6) is 0 Å². The van der Waals surface area contributed by atoms with Crippen molar-refractivity contribution in [3.8, 4) is 0 Å². The Labute approximate surface area is 109 Å². The zero-order valence-corrected chi connectivity index (χ0v) is 11.7. The molecule has 0 aromatic heterocycles. The Kier molecular flexibility index (Phi) is 4.69. The van der Waals surface area contributed by atoms with E-state index in [1.54, 1.807) is 26.2 Å². The summed E-state index contributed by atoms with van der Waals surface area (Å²) in [5.41, 5.74) is 1.54. The van der Waals surface area contributed by atoms with Crippen LogP contribution in [0, 0.1) is 6.92 Å². The van der Waals surface area contributed by atoms with E-state index >= 15 is 0 Å². The molecule has 0 aliphatic rings. The van der Waals surface area contributed by atoms with Crippen molar-refractivity contribution in [3.63, 3.8) is 0 Å². The first-order valence-electron chi connectivity index (χ1n) is 5.16. The molecule has 0 fully saturated rings. The number of hydrogen-bond acceptors (Lipinski definition) is 2. The summed E-state index contributed by atoms with van der Waals surface area (Å²) in [6, 6.07) is 5.31. The second kappa shape index (κ2) is 5.82. The maximum atomic E-state index is 11.7. The molecule has 92 valence electrons. The molecule has 5 heteroatoms. The van der Waals surface area contributed by atoms with E-state index in [1.165, 1.54) is 4.90 Å². The van der Waals surface area contributed by atoms with Crippen LogP contribution < -0.4 is 5.32 Å². The third-order valence-electron chi connectivity index (χ3n) is 2.32. The average molecular weight is 299 g/mol. The quantitative estimate of drug-likeness (QED) is 0.921. The summed E-state index contributed by atoms with van der Waals surface area (Å²) in [5, 5.41) is 2.58. The highest BCUT2D eigenvalue weighted by Crippen LogP contribution is 2.16. The molecule has 0 atom stereocenters. The fourth-order valence-electron chi connectivity index (χ4n) is 1.20. The zero-order valence-electron chi connectivity index (χ0n) is 10.1. The van der Waals surface area contributed by atoms with Gasteiger partial charge in [0.2, 0.25) is 5.91 Å². The topological polar surface area (TPSA) is 49.4 Å². The lowest BCUT2D eigenvalue weighted by Gasteiger charge is -2.11. The van der Waals surface area contributed by atoms with Crippen LogP contribution in [0.25, 0.3) is 0 Å². The van der Waals surface area contributed by atoms with E-state index in [1.807, 2.05) is 13.0 Å². The number of amides is 2. The number of nitrogens with zero attached hydrogens (tertiary/aromatic N) is 1. The zero-order chi connectivity index (χ0) is 13.0. The van der Waals surface area contributed by atoms with Crippen molar-refractivity contribution in [2.24, 2.45) is 0 Å². The summed E-state index contributed by atoms with van der Waals surface area (Å²) >= 11 is 3.37. The fourth-order valence-corrected chi connectivity index (χ4v) is 1.45. The normalized spacial score (nSPS) is 9.88. The number of carbonyl (C=O) groups is 2. The third kappa shape index (κ3) is 3.85. The molecular formula is C12H15BrN2O2. The molecule has 17 heavy (non-hydrogen) atoms. The van der Waals surface area contributed by atoms with E-state index in [-0.39, 0.29) is 18.4 Å². The van der Waals surface area contributed by atoms with Crippen molar-refractivity contribution < 1.29 is 9.59 Å². The molecule has 0 spiro atoms. The molecule has 0 unspecified atom stereocenters. The summed E-state index contributed by atoms with van der Waals surface area (Å²) in [7, 11) is 3.30. The van der Waals surface area contributed by atoms with E-state index < -0.39 is 0 Å². The fraction of sp³-hybridized carbons (Fsp3) is 0.333. The predicted molar refractivity (Wildman–Crippen MR) is 69.9 cm³/mol. The minimum atomic E-state index is -0.240. The molecule has 0 aliphatic carbocycles. The summed E-state index contributed by atoms with van der Waals surface area (Å²) < 4.78 is 0.957. The predicted octanol–water partition coefficient (Wildman–Crippen LogP) is 1.58. The highest BCUT2D eigenvalue weighted by atomic mass is 79.9. The smallest absolute Gasteiger partial charge is 0.251 e. The first-order chi connectivity index (χ1) is 7.91. The van der Waals surface area contributed by atoms with E-state index in [4.69, 9.17) is 0 Å². The molecule has 0 saturated heterocycles. The third-order valence-corrected chi connectivity index (χ3v) is 3.21. The largest absolute Gasteiger partial charge is 0.347 e. The van der Waals surface area contributed by atoms with Gasteiger partial charge < -0.3 is 10.2 Å². The van der Waals surface area contributed by atoms with Crippen molar-refractivity contribution in [1.29, 1.82) is 0 Å². The van der Waals surface area contributed by atoms with Gasteiger partial charge in [-0.2, -0.15) is 0 Å². The van der Waals surface area contributed by atoms with Crippen molar-refractivity contribution in [2.75, 3.05) is 20.6 Å². The molecule has 1 rings (SSSR count). The first kappa shape index (κ1) is 13.7. The lowest BCUT2D eigenvalue weighted by Crippen LogP contribution is -2.36. The molecule has 1 N–H and O–H groups in total. The number of aryl methyl sites for hydroxylation is 1. The maximum absolute atomic E-state index is 11.7. The van der Waals surface area contributed by atoms with Crippen LogP contribution in [0.4, 0.5) is 0 Å². The van der Waals surface area contributed by atoms with Crippen molar-refractivity contribution in [1.82, 2.24) is 10.2 Å². The minimum absolute atomic E-state index is 0.0148. The van der Waals surface area contributed by atoms with Crippen LogP contribution >= 0.6 is 15.9 Å². The van der Waals surface area contributed by atoms with Crippen molar-refractivity contribution in [2.45, 2.75) is 6.92 Å². The molecule has 1 aromatic carbocycles. The molecule has 0 saturated carbocycles. The Bertz CT molecular complexity index is 444. The second-order valence-electron chi connectivity index (χ2n) is 3.93. The number of halogens is 1. The number of nitrogens with one attached hydrogen (secondary N) is 1. The Hall–Kier alpha value is -1.36. The SMILES string of the molecule is Cc1cc(C(=O)NCC(=O)N(C)C)ccc1Br. The Morgan fingerprint density at radius 1 is 1.35 bits per heavy atom. The number of carbonyl (C=O) groups excluding carboxylic acids is 2. The molecule has 0 aliphatic heterocycles. The monoisotopic (exact) mass is 298 g/mol. The van der Waals surface area contributed by atoms with Gasteiger partial charge in [0, 0.05) is 24.1 Å². The van der Waals surface area contributed by atoms with Crippen molar-refractivity contribution in [3.05, 3.63) is 33.8 Å². The van der Waals surface area contributed by atoms with Gasteiger partial charge in [0.15, 0.2) is 0 Å². The summed E-state index contributed by atoms with van der Waals surface area (Å²) in [6.45, 7) is 1.92. The minimum Gasteiger partial charge on any atom is -0.347 e. The Morgan fingerprint density at radius 2 is 2.00 bits per heavy atom. The van der Waals surface area contributed by atoms with Crippen LogP contribution in [0.3, 0.4) is 0 Å². The average Bonchev–Trinajstić information content (AvgIpc) is 2.28. The van der Waals surface area contributed by atoms with Crippen LogP contribution in [-0.4, -0.2) is 37.4 Å². The number of rotatable bonds is 3. The van der Waals surface area contributed by atoms with Gasteiger partial charge in [-0.1, -0.05) is 15.9 Å². The maximum Gasteiger partial charge on any atom is 0.251 e. The molecule has 0 bridgehead atoms. The van der Waals surface area contributed by atoms with Gasteiger partial charge in [-0.15, -0.1) is 0 Å². The Balaban J connectivity index is 2.64. The molecular weight excluding hydrogens is 284 g/mol. The highest BCUT2D eigenvalue weighted by Gasteiger charge is 2.09. The van der Waals surface area contributed by atoms with Crippen LogP contribution in [0.15, 0.2) is 22.7 Å². The number of benzene rings is 1. The lowest BCUT2D eigenvalue weighted by atomic mass is 10.1.